The highest BCUT2D eigenvalue weighted by Gasteiger charge is 2.31. The van der Waals surface area contributed by atoms with Crippen LogP contribution in [0.1, 0.15) is 12.8 Å². The zero-order valence-corrected chi connectivity index (χ0v) is 9.40. The van der Waals surface area contributed by atoms with E-state index in [-0.39, 0.29) is 13.1 Å². The molecule has 1 aliphatic heterocycles. The molecule has 1 atom stereocenters. The molecule has 1 fully saturated rings. The Bertz CT molecular complexity index is 400. The van der Waals surface area contributed by atoms with Crippen molar-refractivity contribution in [2.75, 3.05) is 19.6 Å². The second-order valence-corrected chi connectivity index (χ2v) is 5.27. The van der Waals surface area contributed by atoms with E-state index in [1.165, 1.54) is 0 Å². The first-order valence-corrected chi connectivity index (χ1v) is 6.26. The van der Waals surface area contributed by atoms with Gasteiger partial charge in [0.1, 0.15) is 0 Å². The van der Waals surface area contributed by atoms with Crippen LogP contribution in [0, 0.1) is 17.2 Å². The zero-order valence-electron chi connectivity index (χ0n) is 8.59. The first kappa shape index (κ1) is 12.9. The number of carboxylic acids is 1. The van der Waals surface area contributed by atoms with Crippen molar-refractivity contribution in [3.63, 3.8) is 0 Å². The number of piperidine rings is 1. The first-order valence-electron chi connectivity index (χ1n) is 4.82. The molecule has 0 aromatic rings. The van der Waals surface area contributed by atoms with Gasteiger partial charge in [-0.1, -0.05) is 0 Å². The van der Waals surface area contributed by atoms with Crippen LogP contribution < -0.4 is 4.72 Å². The minimum atomic E-state index is -3.71. The van der Waals surface area contributed by atoms with Crippen molar-refractivity contribution in [1.29, 1.82) is 5.26 Å². The largest absolute Gasteiger partial charge is 0.481 e. The number of nitriles is 1. The van der Waals surface area contributed by atoms with Crippen LogP contribution in [0.25, 0.3) is 0 Å². The molecule has 2 N–H and O–H groups in total. The van der Waals surface area contributed by atoms with Crippen LogP contribution in [0.4, 0.5) is 0 Å². The number of carbonyl (C=O) groups is 1. The lowest BCUT2D eigenvalue weighted by Crippen LogP contribution is -2.47. The number of carboxylic acid groups (broad SMARTS) is 1. The van der Waals surface area contributed by atoms with E-state index >= 15 is 0 Å². The van der Waals surface area contributed by atoms with Gasteiger partial charge in [-0.3, -0.25) is 4.79 Å². The number of hydrogen-bond acceptors (Lipinski definition) is 4. The average Bonchev–Trinajstić information content (AvgIpc) is 2.26. The van der Waals surface area contributed by atoms with E-state index < -0.39 is 22.1 Å². The molecule has 1 heterocycles. The van der Waals surface area contributed by atoms with Gasteiger partial charge in [-0.2, -0.15) is 22.7 Å². The van der Waals surface area contributed by atoms with Gasteiger partial charge in [0.25, 0.3) is 10.2 Å². The highest BCUT2D eigenvalue weighted by Crippen LogP contribution is 2.18. The van der Waals surface area contributed by atoms with Gasteiger partial charge in [0, 0.05) is 13.1 Å². The normalized spacial score (nSPS) is 22.6. The van der Waals surface area contributed by atoms with Crippen molar-refractivity contribution in [2.45, 2.75) is 12.8 Å². The van der Waals surface area contributed by atoms with E-state index in [0.29, 0.717) is 19.4 Å². The SMILES string of the molecule is N#CCNS(=O)(=O)N1CCCC(C(=O)O)C1. The van der Waals surface area contributed by atoms with Crippen molar-refractivity contribution in [3.05, 3.63) is 0 Å². The van der Waals surface area contributed by atoms with Crippen LogP contribution in [0.2, 0.25) is 0 Å². The molecule has 0 saturated carbocycles. The fourth-order valence-corrected chi connectivity index (χ4v) is 2.75. The molecule has 1 rings (SSSR count). The third-order valence-corrected chi connectivity index (χ3v) is 3.93. The van der Waals surface area contributed by atoms with Crippen LogP contribution >= 0.6 is 0 Å². The van der Waals surface area contributed by atoms with Crippen LogP contribution in [-0.4, -0.2) is 43.4 Å². The summed E-state index contributed by atoms with van der Waals surface area (Å²) in [5, 5.41) is 17.1. The van der Waals surface area contributed by atoms with Gasteiger partial charge in [-0.05, 0) is 12.8 Å². The van der Waals surface area contributed by atoms with E-state index in [4.69, 9.17) is 10.4 Å². The van der Waals surface area contributed by atoms with E-state index in [0.717, 1.165) is 4.31 Å². The summed E-state index contributed by atoms with van der Waals surface area (Å²) in [7, 11) is -3.71. The van der Waals surface area contributed by atoms with Crippen LogP contribution in [-0.2, 0) is 15.0 Å². The smallest absolute Gasteiger partial charge is 0.307 e. The summed E-state index contributed by atoms with van der Waals surface area (Å²) in [6, 6.07) is 1.66. The molecule has 1 unspecified atom stereocenters. The number of nitrogens with one attached hydrogen (secondary N) is 1. The maximum Gasteiger partial charge on any atom is 0.307 e. The Morgan fingerprint density at radius 1 is 1.62 bits per heavy atom. The molecule has 0 radical (unpaired) electrons. The molecule has 0 aromatic heterocycles. The minimum absolute atomic E-state index is 0.0317. The molecule has 0 aromatic carbocycles. The second kappa shape index (κ2) is 5.25. The zero-order chi connectivity index (χ0) is 12.2. The van der Waals surface area contributed by atoms with Gasteiger partial charge in [-0.15, -0.1) is 0 Å². The molecule has 0 aliphatic carbocycles. The fraction of sp³-hybridized carbons (Fsp3) is 0.750. The van der Waals surface area contributed by atoms with Crippen molar-refractivity contribution in [2.24, 2.45) is 5.92 Å². The van der Waals surface area contributed by atoms with Crippen molar-refractivity contribution in [1.82, 2.24) is 9.03 Å². The van der Waals surface area contributed by atoms with Crippen LogP contribution in [0.15, 0.2) is 0 Å². The first-order chi connectivity index (χ1) is 7.47. The fourth-order valence-electron chi connectivity index (χ4n) is 1.58. The number of aliphatic carboxylic acids is 1. The Kier molecular flexibility index (Phi) is 4.23. The lowest BCUT2D eigenvalue weighted by molar-refractivity contribution is -0.142. The third-order valence-electron chi connectivity index (χ3n) is 2.41. The summed E-state index contributed by atoms with van der Waals surface area (Å²) in [4.78, 5) is 10.7. The highest BCUT2D eigenvalue weighted by atomic mass is 32.2. The Labute approximate surface area is 93.8 Å². The molecular weight excluding hydrogens is 234 g/mol. The average molecular weight is 247 g/mol. The summed E-state index contributed by atoms with van der Waals surface area (Å²) in [5.74, 6) is -1.65. The van der Waals surface area contributed by atoms with Crippen LogP contribution in [0.5, 0.6) is 0 Å². The molecule has 1 aliphatic rings. The summed E-state index contributed by atoms with van der Waals surface area (Å²) in [6.07, 6.45) is 1.00. The minimum Gasteiger partial charge on any atom is -0.481 e. The van der Waals surface area contributed by atoms with Crippen molar-refractivity contribution >= 4 is 16.2 Å². The molecule has 0 spiro atoms. The summed E-state index contributed by atoms with van der Waals surface area (Å²) < 4.78 is 26.3. The van der Waals surface area contributed by atoms with E-state index in [2.05, 4.69) is 4.72 Å². The van der Waals surface area contributed by atoms with E-state index in [1.807, 2.05) is 0 Å². The topological polar surface area (TPSA) is 111 Å². The maximum atomic E-state index is 11.6. The Morgan fingerprint density at radius 2 is 2.31 bits per heavy atom. The molecular formula is C8H13N3O4S. The Balaban J connectivity index is 2.67. The quantitative estimate of drug-likeness (QED) is 0.628. The predicted octanol–water partition coefficient (Wildman–Crippen LogP) is -0.859. The van der Waals surface area contributed by atoms with Gasteiger partial charge in [-0.25, -0.2) is 0 Å². The van der Waals surface area contributed by atoms with Gasteiger partial charge in [0.15, 0.2) is 0 Å². The molecule has 16 heavy (non-hydrogen) atoms. The molecule has 90 valence electrons. The molecule has 0 bridgehead atoms. The van der Waals surface area contributed by atoms with Crippen molar-refractivity contribution in [3.8, 4) is 6.07 Å². The molecule has 1 saturated heterocycles. The standard InChI is InChI=1S/C8H13N3O4S/c9-3-4-10-16(14,15)11-5-1-2-7(6-11)8(12)13/h7,10H,1-2,4-6H2,(H,12,13). The van der Waals surface area contributed by atoms with Crippen molar-refractivity contribution < 1.29 is 18.3 Å². The summed E-state index contributed by atoms with van der Waals surface area (Å²) in [5.41, 5.74) is 0. The summed E-state index contributed by atoms with van der Waals surface area (Å²) >= 11 is 0. The van der Waals surface area contributed by atoms with Gasteiger partial charge in [0.2, 0.25) is 0 Å². The monoisotopic (exact) mass is 247 g/mol. The lowest BCUT2D eigenvalue weighted by Gasteiger charge is -2.29. The predicted molar refractivity (Wildman–Crippen MR) is 54.5 cm³/mol. The number of hydrogen-bond donors (Lipinski definition) is 2. The maximum absolute atomic E-state index is 11.6. The number of nitrogens with zero attached hydrogens (tertiary/aromatic N) is 2. The molecule has 0 amide bonds. The van der Waals surface area contributed by atoms with Crippen LogP contribution in [0.3, 0.4) is 0 Å². The highest BCUT2D eigenvalue weighted by molar-refractivity contribution is 7.87. The van der Waals surface area contributed by atoms with E-state index in [1.54, 1.807) is 6.07 Å². The summed E-state index contributed by atoms with van der Waals surface area (Å²) in [6.45, 7) is -0.0444. The third kappa shape index (κ3) is 3.16. The Morgan fingerprint density at radius 3 is 2.88 bits per heavy atom. The van der Waals surface area contributed by atoms with Gasteiger partial charge in [0.05, 0.1) is 18.5 Å². The molecule has 8 heteroatoms. The number of rotatable bonds is 4. The van der Waals surface area contributed by atoms with E-state index in [9.17, 15) is 13.2 Å². The van der Waals surface area contributed by atoms with Gasteiger partial charge < -0.3 is 5.11 Å². The second-order valence-electron chi connectivity index (χ2n) is 3.52. The Hall–Kier alpha value is -1.17. The van der Waals surface area contributed by atoms with Gasteiger partial charge >= 0.3 is 5.97 Å². The molecule has 7 nitrogen and oxygen atoms in total. The lowest BCUT2D eigenvalue weighted by atomic mass is 10.0.